The van der Waals surface area contributed by atoms with Gasteiger partial charge in [-0.25, -0.2) is 9.37 Å². The van der Waals surface area contributed by atoms with Crippen LogP contribution in [0.5, 0.6) is 0 Å². The molecule has 3 rings (SSSR count). The van der Waals surface area contributed by atoms with Crippen LogP contribution in [0.2, 0.25) is 0 Å². The van der Waals surface area contributed by atoms with Gasteiger partial charge in [-0.15, -0.1) is 0 Å². The van der Waals surface area contributed by atoms with E-state index in [2.05, 4.69) is 15.5 Å². The fourth-order valence-electron chi connectivity index (χ4n) is 2.63. The van der Waals surface area contributed by atoms with Crippen molar-refractivity contribution in [1.82, 2.24) is 9.55 Å². The molecule has 0 spiro atoms. The summed E-state index contributed by atoms with van der Waals surface area (Å²) in [6.45, 7) is 3.90. The van der Waals surface area contributed by atoms with E-state index >= 15 is 0 Å². The second-order valence-electron chi connectivity index (χ2n) is 5.67. The highest BCUT2D eigenvalue weighted by atomic mass is 19.1. The van der Waals surface area contributed by atoms with Crippen molar-refractivity contribution >= 4 is 17.7 Å². The molecule has 0 fully saturated rings. The van der Waals surface area contributed by atoms with Gasteiger partial charge >= 0.3 is 0 Å². The number of hydrogen-bond acceptors (Lipinski definition) is 5. The predicted molar refractivity (Wildman–Crippen MR) is 97.3 cm³/mol. The number of hydrazone groups is 1. The van der Waals surface area contributed by atoms with E-state index in [9.17, 15) is 14.5 Å². The fourth-order valence-corrected chi connectivity index (χ4v) is 2.63. The molecule has 26 heavy (non-hydrogen) atoms. The first-order valence-corrected chi connectivity index (χ1v) is 7.80. The summed E-state index contributed by atoms with van der Waals surface area (Å²) in [6, 6.07) is 11.1. The number of nitrogens with zero attached hydrogens (tertiary/aromatic N) is 4. The molecule has 0 aliphatic rings. The Morgan fingerprint density at radius 2 is 1.96 bits per heavy atom. The number of pyridine rings is 1. The highest BCUT2D eigenvalue weighted by Crippen LogP contribution is 2.20. The van der Waals surface area contributed by atoms with Crippen molar-refractivity contribution in [1.29, 1.82) is 0 Å². The average Bonchev–Trinajstić information content (AvgIpc) is 2.90. The molecule has 0 saturated heterocycles. The lowest BCUT2D eigenvalue weighted by Crippen LogP contribution is -2.00. The molecule has 0 aliphatic heterocycles. The van der Waals surface area contributed by atoms with Crippen LogP contribution >= 0.6 is 0 Å². The minimum atomic E-state index is -0.510. The largest absolute Gasteiger partial charge is 0.318 e. The number of halogens is 1. The van der Waals surface area contributed by atoms with Gasteiger partial charge in [-0.1, -0.05) is 0 Å². The van der Waals surface area contributed by atoms with Crippen LogP contribution < -0.4 is 5.43 Å². The van der Waals surface area contributed by atoms with Crippen LogP contribution in [0.25, 0.3) is 5.69 Å². The van der Waals surface area contributed by atoms with Gasteiger partial charge in [0.05, 0.1) is 11.1 Å². The summed E-state index contributed by atoms with van der Waals surface area (Å²) in [5.74, 6) is 0.122. The first-order valence-electron chi connectivity index (χ1n) is 7.80. The molecule has 3 aromatic rings. The normalized spacial score (nSPS) is 11.0. The smallest absolute Gasteiger partial charge is 0.287 e. The fraction of sp³-hybridized carbons (Fsp3) is 0.111. The summed E-state index contributed by atoms with van der Waals surface area (Å²) in [7, 11) is 0. The Morgan fingerprint density at radius 1 is 1.23 bits per heavy atom. The molecule has 0 saturated carbocycles. The maximum Gasteiger partial charge on any atom is 0.287 e. The Bertz CT molecular complexity index is 962. The van der Waals surface area contributed by atoms with Gasteiger partial charge < -0.3 is 4.57 Å². The Labute approximate surface area is 149 Å². The van der Waals surface area contributed by atoms with E-state index in [1.165, 1.54) is 24.3 Å². The zero-order valence-electron chi connectivity index (χ0n) is 14.2. The van der Waals surface area contributed by atoms with Gasteiger partial charge in [-0.3, -0.25) is 15.5 Å². The number of anilines is 1. The van der Waals surface area contributed by atoms with Gasteiger partial charge in [0.25, 0.3) is 5.69 Å². The first-order chi connectivity index (χ1) is 12.5. The zero-order valence-corrected chi connectivity index (χ0v) is 14.2. The first kappa shape index (κ1) is 17.3. The topological polar surface area (TPSA) is 85.3 Å². The van der Waals surface area contributed by atoms with Gasteiger partial charge in [0.15, 0.2) is 0 Å². The van der Waals surface area contributed by atoms with Crippen LogP contribution in [0.4, 0.5) is 15.9 Å². The molecular formula is C18H16FN5O2. The Hall–Kier alpha value is -3.55. The maximum atomic E-state index is 13.1. The molecule has 0 unspecified atom stereocenters. The third-order valence-corrected chi connectivity index (χ3v) is 3.90. The molecule has 0 amide bonds. The van der Waals surface area contributed by atoms with Gasteiger partial charge in [-0.05, 0) is 50.2 Å². The van der Waals surface area contributed by atoms with E-state index in [4.69, 9.17) is 0 Å². The number of aromatic nitrogens is 2. The van der Waals surface area contributed by atoms with Gasteiger partial charge in [0, 0.05) is 28.7 Å². The zero-order chi connectivity index (χ0) is 18.7. The van der Waals surface area contributed by atoms with Crippen molar-refractivity contribution < 1.29 is 9.31 Å². The molecular weight excluding hydrogens is 337 g/mol. The average molecular weight is 353 g/mol. The molecule has 0 radical (unpaired) electrons. The van der Waals surface area contributed by atoms with Crippen LogP contribution in [0.1, 0.15) is 17.0 Å². The Morgan fingerprint density at radius 3 is 2.58 bits per heavy atom. The molecule has 0 atom stereocenters. The number of rotatable bonds is 5. The Balaban J connectivity index is 1.78. The summed E-state index contributed by atoms with van der Waals surface area (Å²) in [5.41, 5.74) is 6.36. The molecule has 7 nitrogen and oxygen atoms in total. The minimum Gasteiger partial charge on any atom is -0.318 e. The molecule has 8 heteroatoms. The van der Waals surface area contributed by atoms with Crippen molar-refractivity contribution in [2.45, 2.75) is 13.8 Å². The molecule has 2 heterocycles. The van der Waals surface area contributed by atoms with Crippen LogP contribution in [0.15, 0.2) is 53.8 Å². The number of hydrogen-bond donors (Lipinski definition) is 1. The molecule has 2 aromatic heterocycles. The molecule has 1 N–H and O–H groups in total. The van der Waals surface area contributed by atoms with Crippen LogP contribution in [-0.2, 0) is 0 Å². The Kier molecular flexibility index (Phi) is 4.74. The maximum absolute atomic E-state index is 13.1. The van der Waals surface area contributed by atoms with Crippen molar-refractivity contribution in [3.63, 3.8) is 0 Å². The monoisotopic (exact) mass is 353 g/mol. The summed E-state index contributed by atoms with van der Waals surface area (Å²) >= 11 is 0. The standard InChI is InChI=1S/C18H16FN5O2/c1-12-9-14(13(2)23(12)16-5-3-15(19)4-6-16)10-21-22-18-8-7-17(11-20-18)24(25)26/h3-11H,1-2H3,(H,20,22). The van der Waals surface area contributed by atoms with E-state index in [1.807, 2.05) is 24.5 Å². The van der Waals surface area contributed by atoms with Gasteiger partial charge in [0.2, 0.25) is 0 Å². The number of nitrogens with one attached hydrogen (secondary N) is 1. The lowest BCUT2D eigenvalue weighted by Gasteiger charge is -2.09. The van der Waals surface area contributed by atoms with Crippen molar-refractivity contribution in [2.75, 3.05) is 5.43 Å². The highest BCUT2D eigenvalue weighted by Gasteiger charge is 2.09. The quantitative estimate of drug-likeness (QED) is 0.427. The van der Waals surface area contributed by atoms with E-state index in [-0.39, 0.29) is 11.5 Å². The summed E-state index contributed by atoms with van der Waals surface area (Å²) in [5, 5.41) is 14.7. The van der Waals surface area contributed by atoms with Gasteiger partial charge in [0.1, 0.15) is 17.8 Å². The van der Waals surface area contributed by atoms with Gasteiger partial charge in [-0.2, -0.15) is 5.10 Å². The molecule has 1 aromatic carbocycles. The summed E-state index contributed by atoms with van der Waals surface area (Å²) < 4.78 is 15.1. The highest BCUT2D eigenvalue weighted by molar-refractivity contribution is 5.82. The summed E-state index contributed by atoms with van der Waals surface area (Å²) in [6.07, 6.45) is 2.81. The van der Waals surface area contributed by atoms with E-state index in [0.717, 1.165) is 28.8 Å². The lowest BCUT2D eigenvalue weighted by molar-refractivity contribution is -0.385. The minimum absolute atomic E-state index is 0.0811. The lowest BCUT2D eigenvalue weighted by atomic mass is 10.2. The van der Waals surface area contributed by atoms with E-state index in [0.29, 0.717) is 5.82 Å². The van der Waals surface area contributed by atoms with E-state index < -0.39 is 4.92 Å². The van der Waals surface area contributed by atoms with Crippen molar-refractivity contribution in [2.24, 2.45) is 5.10 Å². The summed E-state index contributed by atoms with van der Waals surface area (Å²) in [4.78, 5) is 14.0. The van der Waals surface area contributed by atoms with E-state index in [1.54, 1.807) is 18.3 Å². The number of benzene rings is 1. The molecule has 0 aliphatic carbocycles. The van der Waals surface area contributed by atoms with Crippen LogP contribution in [0, 0.1) is 29.8 Å². The third-order valence-electron chi connectivity index (χ3n) is 3.90. The number of nitro groups is 1. The molecule has 132 valence electrons. The van der Waals surface area contributed by atoms with Crippen molar-refractivity contribution in [3.8, 4) is 5.69 Å². The number of aryl methyl sites for hydroxylation is 1. The van der Waals surface area contributed by atoms with Crippen molar-refractivity contribution in [3.05, 3.63) is 81.5 Å². The third kappa shape index (κ3) is 3.59. The predicted octanol–water partition coefficient (Wildman–Crippen LogP) is 3.98. The molecule has 0 bridgehead atoms. The SMILES string of the molecule is Cc1cc(C=NNc2ccc([N+](=O)[O-])cn2)c(C)n1-c1ccc(F)cc1. The van der Waals surface area contributed by atoms with Crippen LogP contribution in [0.3, 0.4) is 0 Å². The second kappa shape index (κ2) is 7.14. The van der Waals surface area contributed by atoms with Crippen LogP contribution in [-0.4, -0.2) is 20.7 Å². The second-order valence-corrected chi connectivity index (χ2v) is 5.67.